The van der Waals surface area contributed by atoms with Crippen LogP contribution in [0.3, 0.4) is 0 Å². The highest BCUT2D eigenvalue weighted by Crippen LogP contribution is 2.27. The Labute approximate surface area is 158 Å². The highest BCUT2D eigenvalue weighted by Gasteiger charge is 2.11. The van der Waals surface area contributed by atoms with Crippen molar-refractivity contribution in [3.63, 3.8) is 0 Å². The van der Waals surface area contributed by atoms with Gasteiger partial charge in [0.2, 0.25) is 0 Å². The number of hydrazone groups is 1. The van der Waals surface area contributed by atoms with E-state index < -0.39 is 0 Å². The molecule has 0 saturated carbocycles. The predicted molar refractivity (Wildman–Crippen MR) is 104 cm³/mol. The van der Waals surface area contributed by atoms with Crippen LogP contribution in [0.1, 0.15) is 43.4 Å². The number of phenols is 1. The third-order valence-corrected chi connectivity index (χ3v) is 4.08. The van der Waals surface area contributed by atoms with Crippen molar-refractivity contribution in [2.75, 3.05) is 6.61 Å². The minimum Gasteiger partial charge on any atom is -0.507 e. The second-order valence-corrected chi connectivity index (χ2v) is 6.81. The Morgan fingerprint density at radius 1 is 1.27 bits per heavy atom. The SMILES string of the molecule is C/C(=N\NC(=O)COc1cc(C)ccc1C(C)C)c1cc(Cl)ccc1O. The van der Waals surface area contributed by atoms with Gasteiger partial charge in [-0.3, -0.25) is 4.79 Å². The summed E-state index contributed by atoms with van der Waals surface area (Å²) in [5.41, 5.74) is 5.44. The normalized spacial score (nSPS) is 11.5. The molecule has 2 N–H and O–H groups in total. The number of amides is 1. The Morgan fingerprint density at radius 2 is 2.00 bits per heavy atom. The summed E-state index contributed by atoms with van der Waals surface area (Å²) in [6.07, 6.45) is 0. The second kappa shape index (κ2) is 8.72. The molecule has 2 aromatic rings. The first-order chi connectivity index (χ1) is 12.3. The first-order valence-corrected chi connectivity index (χ1v) is 8.71. The van der Waals surface area contributed by atoms with E-state index >= 15 is 0 Å². The molecule has 0 spiro atoms. The second-order valence-electron chi connectivity index (χ2n) is 6.38. The third kappa shape index (κ3) is 5.23. The molecule has 6 heteroatoms. The number of nitrogens with one attached hydrogen (secondary N) is 1. The Morgan fingerprint density at radius 3 is 2.69 bits per heavy atom. The van der Waals surface area contributed by atoms with Gasteiger partial charge >= 0.3 is 0 Å². The summed E-state index contributed by atoms with van der Waals surface area (Å²) in [5, 5.41) is 14.3. The van der Waals surface area contributed by atoms with Gasteiger partial charge in [0.15, 0.2) is 6.61 Å². The van der Waals surface area contributed by atoms with Gasteiger partial charge in [-0.2, -0.15) is 5.10 Å². The molecule has 138 valence electrons. The van der Waals surface area contributed by atoms with Crippen LogP contribution in [0.5, 0.6) is 11.5 Å². The summed E-state index contributed by atoms with van der Waals surface area (Å²) in [5.74, 6) is 0.646. The van der Waals surface area contributed by atoms with Gasteiger partial charge in [0, 0.05) is 10.6 Å². The maximum absolute atomic E-state index is 12.0. The molecule has 0 aliphatic heterocycles. The summed E-state index contributed by atoms with van der Waals surface area (Å²) in [6, 6.07) is 10.6. The summed E-state index contributed by atoms with van der Waals surface area (Å²) >= 11 is 5.92. The highest BCUT2D eigenvalue weighted by atomic mass is 35.5. The number of nitrogens with zero attached hydrogens (tertiary/aromatic N) is 1. The van der Waals surface area contributed by atoms with E-state index in [2.05, 4.69) is 24.4 Å². The van der Waals surface area contributed by atoms with Gasteiger partial charge in [0.05, 0.1) is 5.71 Å². The van der Waals surface area contributed by atoms with Crippen LogP contribution < -0.4 is 10.2 Å². The molecular formula is C20H23ClN2O3. The first kappa shape index (κ1) is 19.8. The van der Waals surface area contributed by atoms with E-state index in [9.17, 15) is 9.90 Å². The molecule has 0 heterocycles. The van der Waals surface area contributed by atoms with E-state index in [0.717, 1.165) is 11.1 Å². The molecule has 5 nitrogen and oxygen atoms in total. The largest absolute Gasteiger partial charge is 0.507 e. The van der Waals surface area contributed by atoms with Gasteiger partial charge in [-0.25, -0.2) is 5.43 Å². The lowest BCUT2D eigenvalue weighted by Gasteiger charge is -2.14. The molecule has 0 unspecified atom stereocenters. The van der Waals surface area contributed by atoms with Crippen LogP contribution in [0, 0.1) is 6.92 Å². The number of benzene rings is 2. The molecule has 0 atom stereocenters. The minimum absolute atomic E-state index is 0.0440. The predicted octanol–water partition coefficient (Wildman–Crippen LogP) is 4.40. The number of hydrogen-bond donors (Lipinski definition) is 2. The molecule has 1 amide bonds. The Hall–Kier alpha value is -2.53. The van der Waals surface area contributed by atoms with Gasteiger partial charge < -0.3 is 9.84 Å². The van der Waals surface area contributed by atoms with Gasteiger partial charge in [0.1, 0.15) is 11.5 Å². The zero-order chi connectivity index (χ0) is 19.3. The Kier molecular flexibility index (Phi) is 6.64. The van der Waals surface area contributed by atoms with Crippen molar-refractivity contribution in [1.29, 1.82) is 0 Å². The quantitative estimate of drug-likeness (QED) is 0.581. The zero-order valence-electron chi connectivity index (χ0n) is 15.3. The van der Waals surface area contributed by atoms with Crippen LogP contribution in [-0.2, 0) is 4.79 Å². The van der Waals surface area contributed by atoms with E-state index in [0.29, 0.717) is 28.0 Å². The highest BCUT2D eigenvalue weighted by molar-refractivity contribution is 6.31. The molecule has 0 bridgehead atoms. The number of rotatable bonds is 6. The molecular weight excluding hydrogens is 352 g/mol. The Bertz CT molecular complexity index is 832. The fraction of sp³-hybridized carbons (Fsp3) is 0.300. The average molecular weight is 375 g/mol. The zero-order valence-corrected chi connectivity index (χ0v) is 16.1. The van der Waals surface area contributed by atoms with Crippen molar-refractivity contribution < 1.29 is 14.6 Å². The molecule has 2 rings (SSSR count). The van der Waals surface area contributed by atoms with Crippen LogP contribution in [0.2, 0.25) is 5.02 Å². The van der Waals surface area contributed by atoms with Crippen molar-refractivity contribution in [2.45, 2.75) is 33.6 Å². The lowest BCUT2D eigenvalue weighted by Crippen LogP contribution is -2.26. The minimum atomic E-state index is -0.387. The Balaban J connectivity index is 2.01. The smallest absolute Gasteiger partial charge is 0.277 e. The van der Waals surface area contributed by atoms with Gasteiger partial charge in [-0.05, 0) is 55.2 Å². The number of ether oxygens (including phenoxy) is 1. The molecule has 0 aromatic heterocycles. The number of hydrogen-bond acceptors (Lipinski definition) is 4. The van der Waals surface area contributed by atoms with E-state index in [1.165, 1.54) is 6.07 Å². The number of phenolic OH excluding ortho intramolecular Hbond substituents is 1. The lowest BCUT2D eigenvalue weighted by atomic mass is 10.0. The summed E-state index contributed by atoms with van der Waals surface area (Å²) in [7, 11) is 0. The summed E-state index contributed by atoms with van der Waals surface area (Å²) in [4.78, 5) is 12.0. The van der Waals surface area contributed by atoms with Crippen LogP contribution in [-0.4, -0.2) is 23.3 Å². The monoisotopic (exact) mass is 374 g/mol. The van der Waals surface area contributed by atoms with Crippen molar-refractivity contribution in [1.82, 2.24) is 5.43 Å². The molecule has 2 aromatic carbocycles. The standard InChI is InChI=1S/C20H23ClN2O3/c1-12(2)16-7-5-13(3)9-19(16)26-11-20(25)23-22-14(4)17-10-15(21)6-8-18(17)24/h5-10,12,24H,11H2,1-4H3,(H,23,25)/b22-14+. The fourth-order valence-corrected chi connectivity index (χ4v) is 2.60. The molecule has 0 fully saturated rings. The van der Waals surface area contributed by atoms with Crippen LogP contribution >= 0.6 is 11.6 Å². The van der Waals surface area contributed by atoms with E-state index in [1.54, 1.807) is 19.1 Å². The molecule has 0 saturated heterocycles. The van der Waals surface area contributed by atoms with Gasteiger partial charge in [0.25, 0.3) is 5.91 Å². The average Bonchev–Trinajstić information content (AvgIpc) is 2.59. The summed E-state index contributed by atoms with van der Waals surface area (Å²) in [6.45, 7) is 7.64. The van der Waals surface area contributed by atoms with Crippen LogP contribution in [0.4, 0.5) is 0 Å². The number of carbonyl (C=O) groups excluding carboxylic acids is 1. The number of aromatic hydroxyl groups is 1. The van der Waals surface area contributed by atoms with Crippen molar-refractivity contribution >= 4 is 23.2 Å². The van der Waals surface area contributed by atoms with Crippen molar-refractivity contribution in [2.24, 2.45) is 5.10 Å². The number of halogens is 1. The first-order valence-electron chi connectivity index (χ1n) is 8.33. The van der Waals surface area contributed by atoms with Crippen LogP contribution in [0.15, 0.2) is 41.5 Å². The topological polar surface area (TPSA) is 70.9 Å². The number of carbonyl (C=O) groups is 1. The van der Waals surface area contributed by atoms with Crippen molar-refractivity contribution in [3.05, 3.63) is 58.1 Å². The van der Waals surface area contributed by atoms with E-state index in [-0.39, 0.29) is 18.3 Å². The molecule has 0 radical (unpaired) electrons. The molecule has 0 aliphatic carbocycles. The van der Waals surface area contributed by atoms with Crippen LogP contribution in [0.25, 0.3) is 0 Å². The third-order valence-electron chi connectivity index (χ3n) is 3.85. The van der Waals surface area contributed by atoms with Crippen molar-refractivity contribution in [3.8, 4) is 11.5 Å². The van der Waals surface area contributed by atoms with Gasteiger partial charge in [-0.1, -0.05) is 37.6 Å². The van der Waals surface area contributed by atoms with E-state index in [4.69, 9.17) is 16.3 Å². The maximum Gasteiger partial charge on any atom is 0.277 e. The van der Waals surface area contributed by atoms with E-state index in [1.807, 2.05) is 25.1 Å². The summed E-state index contributed by atoms with van der Waals surface area (Å²) < 4.78 is 5.67. The lowest BCUT2D eigenvalue weighted by molar-refractivity contribution is -0.123. The van der Waals surface area contributed by atoms with Gasteiger partial charge in [-0.15, -0.1) is 0 Å². The molecule has 26 heavy (non-hydrogen) atoms. The molecule has 0 aliphatic rings. The maximum atomic E-state index is 12.0. The number of aryl methyl sites for hydroxylation is 1. The fourth-order valence-electron chi connectivity index (χ4n) is 2.42.